The molecule has 28 heavy (non-hydrogen) atoms. The number of nitrogens with zero attached hydrogens (tertiary/aromatic N) is 2. The number of carbonyl (C=O) groups excluding carboxylic acids is 2. The lowest BCUT2D eigenvalue weighted by Crippen LogP contribution is -3.16. The molecule has 2 atom stereocenters. The number of fused-ring (bicyclic) bond motifs is 1. The second-order valence-corrected chi connectivity index (χ2v) is 7.04. The number of benzene rings is 2. The number of imide groups is 1. The number of amides is 2. The number of nitrogens with one attached hydrogen (secondary N) is 1. The first kappa shape index (κ1) is 18.1. The number of ether oxygens (including phenoxy) is 1. The SMILES string of the molecule is COc1cc([N+](=O)[O-])ccc1N1C(=O)C[C@@H]([NH+]2CCc3ccccc3C2)C1=O. The Morgan fingerprint density at radius 3 is 2.64 bits per heavy atom. The highest BCUT2D eigenvalue weighted by Crippen LogP contribution is 2.34. The van der Waals surface area contributed by atoms with Crippen LogP contribution in [0.5, 0.6) is 5.75 Å². The minimum Gasteiger partial charge on any atom is -0.494 e. The van der Waals surface area contributed by atoms with Crippen molar-refractivity contribution in [2.45, 2.75) is 25.4 Å². The summed E-state index contributed by atoms with van der Waals surface area (Å²) in [6.45, 7) is 1.48. The molecule has 2 heterocycles. The van der Waals surface area contributed by atoms with Gasteiger partial charge in [-0.3, -0.25) is 19.7 Å². The highest BCUT2D eigenvalue weighted by molar-refractivity contribution is 6.22. The van der Waals surface area contributed by atoms with Crippen LogP contribution in [-0.4, -0.2) is 36.4 Å². The topological polar surface area (TPSA) is 94.2 Å². The molecule has 1 unspecified atom stereocenters. The number of quaternary nitrogens is 1. The first-order valence-corrected chi connectivity index (χ1v) is 9.10. The van der Waals surface area contributed by atoms with E-state index in [2.05, 4.69) is 12.1 Å². The monoisotopic (exact) mass is 382 g/mol. The van der Waals surface area contributed by atoms with Crippen molar-refractivity contribution in [1.82, 2.24) is 0 Å². The second kappa shape index (κ2) is 7.05. The van der Waals surface area contributed by atoms with Gasteiger partial charge in [-0.2, -0.15) is 0 Å². The third-order valence-electron chi connectivity index (χ3n) is 5.51. The normalized spacial score (nSPS) is 21.5. The standard InChI is InChI=1S/C20H19N3O5/c1-28-18-10-15(23(26)27)6-7-16(18)22-19(24)11-17(20(22)25)21-9-8-13-4-2-3-5-14(13)12-21/h2-7,10,17H,8-9,11-12H2,1H3/p+1/t17-/m1/s1. The zero-order valence-electron chi connectivity index (χ0n) is 15.4. The highest BCUT2D eigenvalue weighted by Gasteiger charge is 2.47. The quantitative estimate of drug-likeness (QED) is 0.481. The Kier molecular flexibility index (Phi) is 4.56. The van der Waals surface area contributed by atoms with Gasteiger partial charge < -0.3 is 9.64 Å². The molecule has 2 aromatic rings. The minimum atomic E-state index is -0.544. The molecule has 4 rings (SSSR count). The average Bonchev–Trinajstić information content (AvgIpc) is 3.01. The fourth-order valence-electron chi connectivity index (χ4n) is 4.07. The summed E-state index contributed by atoms with van der Waals surface area (Å²) in [5, 5.41) is 11.0. The van der Waals surface area contributed by atoms with E-state index in [4.69, 9.17) is 4.74 Å². The molecule has 0 bridgehead atoms. The summed E-state index contributed by atoms with van der Waals surface area (Å²) in [5.41, 5.74) is 2.59. The summed E-state index contributed by atoms with van der Waals surface area (Å²) in [6.07, 6.45) is 0.987. The summed E-state index contributed by atoms with van der Waals surface area (Å²) in [7, 11) is 1.36. The Morgan fingerprint density at radius 1 is 1.18 bits per heavy atom. The smallest absolute Gasteiger partial charge is 0.292 e. The van der Waals surface area contributed by atoms with E-state index in [0.29, 0.717) is 6.54 Å². The number of methoxy groups -OCH3 is 1. The molecular weight excluding hydrogens is 362 g/mol. The Labute approximate surface area is 161 Å². The molecule has 0 spiro atoms. The fraction of sp³-hybridized carbons (Fsp3) is 0.300. The molecular formula is C20H20N3O5+. The van der Waals surface area contributed by atoms with Crippen molar-refractivity contribution in [3.05, 3.63) is 63.7 Å². The third kappa shape index (κ3) is 3.01. The van der Waals surface area contributed by atoms with E-state index >= 15 is 0 Å². The van der Waals surface area contributed by atoms with Gasteiger partial charge in [0.1, 0.15) is 12.3 Å². The van der Waals surface area contributed by atoms with Crippen molar-refractivity contribution in [2.75, 3.05) is 18.6 Å². The van der Waals surface area contributed by atoms with Crippen LogP contribution in [0.2, 0.25) is 0 Å². The average molecular weight is 382 g/mol. The summed E-state index contributed by atoms with van der Waals surface area (Å²) in [6, 6.07) is 11.6. The zero-order valence-corrected chi connectivity index (χ0v) is 15.4. The Bertz CT molecular complexity index is 974. The minimum absolute atomic E-state index is 0.122. The van der Waals surface area contributed by atoms with Crippen LogP contribution in [0.3, 0.4) is 0 Å². The van der Waals surface area contributed by atoms with Crippen LogP contribution >= 0.6 is 0 Å². The number of hydrogen-bond acceptors (Lipinski definition) is 5. The van der Waals surface area contributed by atoms with Gasteiger partial charge >= 0.3 is 0 Å². The van der Waals surface area contributed by atoms with E-state index < -0.39 is 11.0 Å². The summed E-state index contributed by atoms with van der Waals surface area (Å²) < 4.78 is 5.22. The molecule has 1 fully saturated rings. The Hall–Kier alpha value is -3.26. The van der Waals surface area contributed by atoms with Crippen molar-refractivity contribution in [3.8, 4) is 5.75 Å². The molecule has 0 aliphatic carbocycles. The van der Waals surface area contributed by atoms with Crippen molar-refractivity contribution < 1.29 is 24.1 Å². The molecule has 1 N–H and O–H groups in total. The van der Waals surface area contributed by atoms with Crippen molar-refractivity contribution in [3.63, 3.8) is 0 Å². The molecule has 1 saturated heterocycles. The molecule has 2 aliphatic rings. The summed E-state index contributed by atoms with van der Waals surface area (Å²) >= 11 is 0. The van der Waals surface area contributed by atoms with E-state index in [0.717, 1.165) is 22.8 Å². The maximum absolute atomic E-state index is 13.1. The number of non-ortho nitro benzene ring substituents is 1. The second-order valence-electron chi connectivity index (χ2n) is 7.04. The van der Waals surface area contributed by atoms with Crippen molar-refractivity contribution >= 4 is 23.2 Å². The van der Waals surface area contributed by atoms with Crippen LogP contribution in [0.15, 0.2) is 42.5 Å². The third-order valence-corrected chi connectivity index (χ3v) is 5.51. The van der Waals surface area contributed by atoms with Gasteiger partial charge in [-0.25, -0.2) is 4.90 Å². The van der Waals surface area contributed by atoms with Crippen LogP contribution in [0, 0.1) is 10.1 Å². The van der Waals surface area contributed by atoms with Gasteiger partial charge in [0.2, 0.25) is 5.91 Å². The lowest BCUT2D eigenvalue weighted by molar-refractivity contribution is -0.930. The number of hydrogen-bond donors (Lipinski definition) is 1. The molecule has 8 heteroatoms. The lowest BCUT2D eigenvalue weighted by Gasteiger charge is -2.29. The first-order chi connectivity index (χ1) is 13.5. The predicted octanol–water partition coefficient (Wildman–Crippen LogP) is 0.876. The van der Waals surface area contributed by atoms with Crippen LogP contribution in [0.25, 0.3) is 0 Å². The number of carbonyl (C=O) groups is 2. The molecule has 2 amide bonds. The van der Waals surface area contributed by atoms with Crippen LogP contribution in [0.1, 0.15) is 17.5 Å². The molecule has 2 aliphatic heterocycles. The van der Waals surface area contributed by atoms with Gasteiger partial charge in [-0.1, -0.05) is 24.3 Å². The lowest BCUT2D eigenvalue weighted by atomic mass is 9.98. The molecule has 0 saturated carbocycles. The predicted molar refractivity (Wildman–Crippen MR) is 100 cm³/mol. The number of rotatable bonds is 4. The Morgan fingerprint density at radius 2 is 1.93 bits per heavy atom. The number of nitro groups is 1. The van der Waals surface area contributed by atoms with Gasteiger partial charge in [0.05, 0.1) is 36.8 Å². The van der Waals surface area contributed by atoms with Gasteiger partial charge in [-0.15, -0.1) is 0 Å². The van der Waals surface area contributed by atoms with Crippen LogP contribution in [-0.2, 0) is 22.6 Å². The van der Waals surface area contributed by atoms with E-state index in [1.165, 1.54) is 36.4 Å². The van der Waals surface area contributed by atoms with Gasteiger partial charge in [0.25, 0.3) is 11.6 Å². The zero-order chi connectivity index (χ0) is 19.8. The maximum atomic E-state index is 13.1. The molecule has 144 valence electrons. The largest absolute Gasteiger partial charge is 0.494 e. The van der Waals surface area contributed by atoms with Gasteiger partial charge in [0.15, 0.2) is 6.04 Å². The van der Waals surface area contributed by atoms with Gasteiger partial charge in [-0.05, 0) is 11.6 Å². The molecule has 2 aromatic carbocycles. The summed E-state index contributed by atoms with van der Waals surface area (Å²) in [4.78, 5) is 38.4. The fourth-order valence-corrected chi connectivity index (χ4v) is 4.07. The molecule has 0 aromatic heterocycles. The number of anilines is 1. The van der Waals surface area contributed by atoms with Crippen LogP contribution < -0.4 is 14.5 Å². The molecule has 0 radical (unpaired) electrons. The summed E-state index contributed by atoms with van der Waals surface area (Å²) in [5.74, 6) is -0.462. The highest BCUT2D eigenvalue weighted by atomic mass is 16.6. The number of nitro benzene ring substituents is 1. The van der Waals surface area contributed by atoms with Crippen molar-refractivity contribution in [2.24, 2.45) is 0 Å². The maximum Gasteiger partial charge on any atom is 0.292 e. The van der Waals surface area contributed by atoms with Crippen molar-refractivity contribution in [1.29, 1.82) is 0 Å². The van der Waals surface area contributed by atoms with E-state index in [1.807, 2.05) is 12.1 Å². The van der Waals surface area contributed by atoms with Crippen LogP contribution in [0.4, 0.5) is 11.4 Å². The van der Waals surface area contributed by atoms with E-state index in [1.54, 1.807) is 0 Å². The van der Waals surface area contributed by atoms with E-state index in [-0.39, 0.29) is 35.4 Å². The molecule has 8 nitrogen and oxygen atoms in total. The van der Waals surface area contributed by atoms with Gasteiger partial charge in [0, 0.05) is 18.1 Å². The first-order valence-electron chi connectivity index (χ1n) is 9.10. The Balaban J connectivity index is 1.61. The van der Waals surface area contributed by atoms with E-state index in [9.17, 15) is 19.7 Å².